The zero-order chi connectivity index (χ0) is 19.0. The van der Waals surface area contributed by atoms with Crippen LogP contribution in [0.15, 0.2) is 39.5 Å². The topological polar surface area (TPSA) is 58.4 Å². The molecule has 1 N–H and O–H groups in total. The van der Waals surface area contributed by atoms with E-state index < -0.39 is 0 Å². The van der Waals surface area contributed by atoms with Crippen molar-refractivity contribution < 1.29 is 9.32 Å². The fourth-order valence-corrected chi connectivity index (χ4v) is 5.15. The molecule has 0 bridgehead atoms. The van der Waals surface area contributed by atoms with Crippen molar-refractivity contribution in [1.82, 2.24) is 10.1 Å². The second kappa shape index (κ2) is 7.22. The highest BCUT2D eigenvalue weighted by molar-refractivity contribution is 7.10. The second-order valence-corrected chi connectivity index (χ2v) is 9.79. The Morgan fingerprint density at radius 2 is 2.19 bits per heavy atom. The third kappa shape index (κ3) is 3.85. The highest BCUT2D eigenvalue weighted by Crippen LogP contribution is 2.39. The second-order valence-electron chi connectivity index (χ2n) is 7.81. The van der Waals surface area contributed by atoms with Gasteiger partial charge in [0, 0.05) is 27.8 Å². The Kier molecular flexibility index (Phi) is 4.92. The number of anilines is 1. The van der Waals surface area contributed by atoms with Gasteiger partial charge in [-0.2, -0.15) is 0 Å². The molecule has 1 atom stereocenters. The van der Waals surface area contributed by atoms with E-state index in [2.05, 4.69) is 65.1 Å². The number of rotatable bonds is 4. The van der Waals surface area contributed by atoms with E-state index in [1.54, 1.807) is 11.3 Å². The molecule has 5 nitrogen and oxygen atoms in total. The molecule has 4 rings (SSSR count). The van der Waals surface area contributed by atoms with Crippen LogP contribution in [0.5, 0.6) is 0 Å². The number of hydrogen-bond donors (Lipinski definition) is 1. The van der Waals surface area contributed by atoms with Crippen LogP contribution in [0.2, 0.25) is 0 Å². The fourth-order valence-electron chi connectivity index (χ4n) is 3.37. The lowest BCUT2D eigenvalue weighted by molar-refractivity contribution is -0.117. The lowest BCUT2D eigenvalue weighted by Gasteiger charge is -2.34. The van der Waals surface area contributed by atoms with Crippen molar-refractivity contribution in [2.75, 3.05) is 18.4 Å². The normalized spacial score (nSPS) is 17.7. The summed E-state index contributed by atoms with van der Waals surface area (Å²) in [5.74, 6) is 0.331. The summed E-state index contributed by atoms with van der Waals surface area (Å²) in [6.45, 7) is 7.38. The Labute approximate surface area is 167 Å². The van der Waals surface area contributed by atoms with E-state index in [-0.39, 0.29) is 17.4 Å². The van der Waals surface area contributed by atoms with Gasteiger partial charge >= 0.3 is 0 Å². The zero-order valence-corrected chi connectivity index (χ0v) is 17.3. The average molecular weight is 402 g/mol. The van der Waals surface area contributed by atoms with Gasteiger partial charge in [-0.05, 0) is 34.9 Å². The minimum Gasteiger partial charge on any atom is -0.338 e. The van der Waals surface area contributed by atoms with Gasteiger partial charge in [0.05, 0.1) is 18.3 Å². The molecule has 3 aromatic heterocycles. The summed E-state index contributed by atoms with van der Waals surface area (Å²) in [5.41, 5.74) is 2.05. The highest BCUT2D eigenvalue weighted by Gasteiger charge is 2.31. The standard InChI is InChI=1S/C20H23N3O2S2/c1-20(2,3)16-11-18(25-22-16)21-17(24)12-23-8-6-14-13(7-10-27-14)19(23)15-5-4-9-26-15/h4-5,7,9-11,19H,6,8,12H2,1-3H3,(H,21,24)/t19-/m1/s1. The maximum absolute atomic E-state index is 12.7. The summed E-state index contributed by atoms with van der Waals surface area (Å²) >= 11 is 3.55. The van der Waals surface area contributed by atoms with Crippen molar-refractivity contribution in [2.24, 2.45) is 0 Å². The molecule has 0 unspecified atom stereocenters. The quantitative estimate of drug-likeness (QED) is 0.689. The van der Waals surface area contributed by atoms with Crippen LogP contribution in [0.3, 0.4) is 0 Å². The third-order valence-electron chi connectivity index (χ3n) is 4.77. The van der Waals surface area contributed by atoms with Crippen molar-refractivity contribution in [3.8, 4) is 0 Å². The van der Waals surface area contributed by atoms with E-state index in [1.165, 1.54) is 15.3 Å². The molecule has 0 fully saturated rings. The van der Waals surface area contributed by atoms with Crippen LogP contribution in [0.25, 0.3) is 0 Å². The number of nitrogens with zero attached hydrogens (tertiary/aromatic N) is 2. The first-order valence-electron chi connectivity index (χ1n) is 9.02. The molecule has 0 saturated carbocycles. The summed E-state index contributed by atoms with van der Waals surface area (Å²) in [6, 6.07) is 8.37. The van der Waals surface area contributed by atoms with Gasteiger partial charge in [-0.1, -0.05) is 32.0 Å². The molecular formula is C20H23N3O2S2. The maximum atomic E-state index is 12.7. The average Bonchev–Trinajstić information content (AvgIpc) is 3.35. The summed E-state index contributed by atoms with van der Waals surface area (Å²) in [5, 5.41) is 11.2. The Morgan fingerprint density at radius 3 is 2.89 bits per heavy atom. The van der Waals surface area contributed by atoms with Gasteiger partial charge in [-0.3, -0.25) is 15.0 Å². The molecule has 1 aliphatic rings. The lowest BCUT2D eigenvalue weighted by atomic mass is 9.92. The summed E-state index contributed by atoms with van der Waals surface area (Å²) in [7, 11) is 0. The monoisotopic (exact) mass is 401 g/mol. The van der Waals surface area contributed by atoms with Crippen LogP contribution in [0.4, 0.5) is 5.88 Å². The van der Waals surface area contributed by atoms with Gasteiger partial charge in [-0.15, -0.1) is 22.7 Å². The van der Waals surface area contributed by atoms with Crippen molar-refractivity contribution >= 4 is 34.5 Å². The fraction of sp³-hybridized carbons (Fsp3) is 0.400. The van der Waals surface area contributed by atoms with Crippen molar-refractivity contribution in [3.05, 3.63) is 56.0 Å². The highest BCUT2D eigenvalue weighted by atomic mass is 32.1. The summed E-state index contributed by atoms with van der Waals surface area (Å²) in [4.78, 5) is 17.6. The number of aromatic nitrogens is 1. The van der Waals surface area contributed by atoms with Gasteiger partial charge < -0.3 is 4.52 Å². The number of amides is 1. The van der Waals surface area contributed by atoms with Crippen LogP contribution in [-0.4, -0.2) is 29.1 Å². The molecule has 0 aromatic carbocycles. The van der Waals surface area contributed by atoms with Crippen LogP contribution in [0.1, 0.15) is 47.8 Å². The van der Waals surface area contributed by atoms with Crippen LogP contribution in [-0.2, 0) is 16.6 Å². The van der Waals surface area contributed by atoms with Gasteiger partial charge in [0.1, 0.15) is 0 Å². The minimum atomic E-state index is -0.112. The van der Waals surface area contributed by atoms with Crippen molar-refractivity contribution in [3.63, 3.8) is 0 Å². The molecule has 4 heterocycles. The van der Waals surface area contributed by atoms with E-state index in [9.17, 15) is 4.79 Å². The molecule has 0 saturated heterocycles. The summed E-state index contributed by atoms with van der Waals surface area (Å²) < 4.78 is 5.30. The number of nitrogens with one attached hydrogen (secondary N) is 1. The third-order valence-corrected chi connectivity index (χ3v) is 6.69. The molecule has 1 aliphatic heterocycles. The van der Waals surface area contributed by atoms with Gasteiger partial charge in [0.2, 0.25) is 11.8 Å². The van der Waals surface area contributed by atoms with Crippen molar-refractivity contribution in [1.29, 1.82) is 0 Å². The molecule has 3 aromatic rings. The smallest absolute Gasteiger partial charge is 0.240 e. The maximum Gasteiger partial charge on any atom is 0.240 e. The van der Waals surface area contributed by atoms with E-state index in [0.29, 0.717) is 12.4 Å². The SMILES string of the molecule is CC(C)(C)c1cc(NC(=O)CN2CCc3sccc3[C@@H]2c2cccs2)on1. The molecule has 0 radical (unpaired) electrons. The van der Waals surface area contributed by atoms with E-state index in [0.717, 1.165) is 18.7 Å². The lowest BCUT2D eigenvalue weighted by Crippen LogP contribution is -2.40. The Hall–Kier alpha value is -1.96. The first kappa shape index (κ1) is 18.4. The predicted molar refractivity (Wildman–Crippen MR) is 110 cm³/mol. The van der Waals surface area contributed by atoms with E-state index in [1.807, 2.05) is 17.4 Å². The Balaban J connectivity index is 1.49. The minimum absolute atomic E-state index is 0.0770. The zero-order valence-electron chi connectivity index (χ0n) is 15.7. The number of fused-ring (bicyclic) bond motifs is 1. The molecule has 27 heavy (non-hydrogen) atoms. The number of carbonyl (C=O) groups excluding carboxylic acids is 1. The van der Waals surface area contributed by atoms with Crippen LogP contribution < -0.4 is 5.32 Å². The molecule has 1 amide bonds. The summed E-state index contributed by atoms with van der Waals surface area (Å²) in [6.07, 6.45) is 0.985. The predicted octanol–water partition coefficient (Wildman–Crippen LogP) is 4.68. The molecular weight excluding hydrogens is 378 g/mol. The Morgan fingerprint density at radius 1 is 1.33 bits per heavy atom. The number of hydrogen-bond acceptors (Lipinski definition) is 6. The van der Waals surface area contributed by atoms with E-state index >= 15 is 0 Å². The molecule has 0 aliphatic carbocycles. The largest absolute Gasteiger partial charge is 0.338 e. The van der Waals surface area contributed by atoms with Crippen LogP contribution >= 0.6 is 22.7 Å². The first-order valence-corrected chi connectivity index (χ1v) is 10.8. The van der Waals surface area contributed by atoms with Gasteiger partial charge in [0.15, 0.2) is 0 Å². The first-order chi connectivity index (χ1) is 12.9. The van der Waals surface area contributed by atoms with Gasteiger partial charge in [-0.25, -0.2) is 0 Å². The Bertz CT molecular complexity index is 921. The van der Waals surface area contributed by atoms with Gasteiger partial charge in [0.25, 0.3) is 0 Å². The molecule has 142 valence electrons. The molecule has 0 spiro atoms. The van der Waals surface area contributed by atoms with Crippen molar-refractivity contribution in [2.45, 2.75) is 38.6 Å². The van der Waals surface area contributed by atoms with E-state index in [4.69, 9.17) is 4.52 Å². The number of carbonyl (C=O) groups is 1. The number of thiophene rings is 2. The molecule has 7 heteroatoms. The van der Waals surface area contributed by atoms with Crippen LogP contribution in [0, 0.1) is 0 Å².